The van der Waals surface area contributed by atoms with Gasteiger partial charge in [-0.2, -0.15) is 10.5 Å². The van der Waals surface area contributed by atoms with Gasteiger partial charge in [0.25, 0.3) is 0 Å². The summed E-state index contributed by atoms with van der Waals surface area (Å²) in [4.78, 5) is 2.47. The summed E-state index contributed by atoms with van der Waals surface area (Å²) in [6, 6.07) is 29.0. The molecule has 3 atom stereocenters. The SMILES string of the molecule is C/C=C\c1c2c(n(-c3cc(C#N)ccc3C3C=C(c4ccc(N5c6ccccc6C6C=CC=CC65)cc4)C=CC3)c1C)CCC(C#N)=C2. The summed E-state index contributed by atoms with van der Waals surface area (Å²) < 4.78 is 2.35. The van der Waals surface area contributed by atoms with Crippen LogP contribution >= 0.6 is 0 Å². The summed E-state index contributed by atoms with van der Waals surface area (Å²) in [5.41, 5.74) is 14.6. The lowest BCUT2D eigenvalue weighted by molar-refractivity contribution is 0.745. The normalized spacial score (nSPS) is 20.5. The fraction of sp³-hybridized carbons (Fsp3) is 0.182. The van der Waals surface area contributed by atoms with Crippen molar-refractivity contribution in [2.45, 2.75) is 51.0 Å². The lowest BCUT2D eigenvalue weighted by atomic mass is 9.86. The van der Waals surface area contributed by atoms with Gasteiger partial charge in [-0.3, -0.25) is 0 Å². The van der Waals surface area contributed by atoms with Crippen molar-refractivity contribution in [3.63, 3.8) is 0 Å². The molecular weight excluding hydrogens is 585 g/mol. The number of nitriles is 2. The molecule has 0 N–H and O–H groups in total. The van der Waals surface area contributed by atoms with Crippen LogP contribution in [0.3, 0.4) is 0 Å². The van der Waals surface area contributed by atoms with Crippen LogP contribution in [0.1, 0.15) is 76.4 Å². The van der Waals surface area contributed by atoms with Crippen molar-refractivity contribution < 1.29 is 0 Å². The summed E-state index contributed by atoms with van der Waals surface area (Å²) in [6.07, 6.45) is 24.5. The molecule has 4 nitrogen and oxygen atoms in total. The first-order chi connectivity index (χ1) is 23.6. The number of hydrogen-bond acceptors (Lipinski definition) is 3. The van der Waals surface area contributed by atoms with Crippen molar-refractivity contribution in [2.75, 3.05) is 4.90 Å². The predicted octanol–water partition coefficient (Wildman–Crippen LogP) is 10.4. The van der Waals surface area contributed by atoms with Gasteiger partial charge >= 0.3 is 0 Å². The lowest BCUT2D eigenvalue weighted by Crippen LogP contribution is -2.28. The Bertz CT molecular complexity index is 2220. The number of nitrogens with zero attached hydrogens (tertiary/aromatic N) is 4. The number of rotatable bonds is 5. The topological polar surface area (TPSA) is 55.8 Å². The molecule has 0 saturated heterocycles. The number of hydrogen-bond donors (Lipinski definition) is 0. The Labute approximate surface area is 282 Å². The van der Waals surface area contributed by atoms with Gasteiger partial charge in [0.2, 0.25) is 0 Å². The zero-order valence-corrected chi connectivity index (χ0v) is 27.3. The minimum Gasteiger partial charge on any atom is -0.333 e. The van der Waals surface area contributed by atoms with E-state index in [1.54, 1.807) is 0 Å². The molecule has 3 unspecified atom stereocenters. The van der Waals surface area contributed by atoms with E-state index in [0.717, 1.165) is 47.3 Å². The zero-order chi connectivity index (χ0) is 32.8. The maximum Gasteiger partial charge on any atom is 0.0992 e. The van der Waals surface area contributed by atoms with Gasteiger partial charge < -0.3 is 9.47 Å². The number of benzene rings is 3. The van der Waals surface area contributed by atoms with Crippen LogP contribution in [0.4, 0.5) is 11.4 Å². The van der Waals surface area contributed by atoms with Crippen molar-refractivity contribution in [3.05, 3.63) is 166 Å². The van der Waals surface area contributed by atoms with Gasteiger partial charge in [0.15, 0.2) is 0 Å². The van der Waals surface area contributed by atoms with E-state index >= 15 is 0 Å². The molecule has 0 saturated carbocycles. The summed E-state index contributed by atoms with van der Waals surface area (Å²) in [5, 5.41) is 19.6. The number of para-hydroxylation sites is 1. The smallest absolute Gasteiger partial charge is 0.0992 e. The van der Waals surface area contributed by atoms with E-state index in [9.17, 15) is 10.5 Å². The molecule has 3 aromatic carbocycles. The minimum atomic E-state index is 0.147. The Hall–Kier alpha value is -5.84. The van der Waals surface area contributed by atoms with Gasteiger partial charge in [-0.15, -0.1) is 0 Å². The molecule has 1 aromatic heterocycles. The minimum absolute atomic E-state index is 0.147. The monoisotopic (exact) mass is 620 g/mol. The van der Waals surface area contributed by atoms with Crippen molar-refractivity contribution >= 4 is 29.1 Å². The molecule has 232 valence electrons. The number of aromatic nitrogens is 1. The molecule has 2 heterocycles. The van der Waals surface area contributed by atoms with Crippen LogP contribution in [0.15, 0.2) is 121 Å². The van der Waals surface area contributed by atoms with Crippen molar-refractivity contribution in [2.24, 2.45) is 0 Å². The molecular formula is C44H36N4. The average molecular weight is 621 g/mol. The third kappa shape index (κ3) is 4.81. The molecule has 4 aromatic rings. The van der Waals surface area contributed by atoms with Gasteiger partial charge in [-0.05, 0) is 91.8 Å². The van der Waals surface area contributed by atoms with E-state index in [0.29, 0.717) is 11.5 Å². The van der Waals surface area contributed by atoms with Gasteiger partial charge in [-0.25, -0.2) is 0 Å². The van der Waals surface area contributed by atoms with Crippen LogP contribution in [-0.4, -0.2) is 10.6 Å². The molecule has 4 aliphatic rings. The van der Waals surface area contributed by atoms with Crippen molar-refractivity contribution in [3.8, 4) is 17.8 Å². The summed E-state index contributed by atoms with van der Waals surface area (Å²) in [5.74, 6) is 0.513. The first-order valence-electron chi connectivity index (χ1n) is 16.8. The fourth-order valence-corrected chi connectivity index (χ4v) is 8.11. The second-order valence-electron chi connectivity index (χ2n) is 13.0. The maximum atomic E-state index is 9.93. The molecule has 1 aliphatic heterocycles. The fourth-order valence-electron chi connectivity index (χ4n) is 8.11. The molecule has 0 bridgehead atoms. The van der Waals surface area contributed by atoms with Gasteiger partial charge in [-0.1, -0.05) is 91.1 Å². The van der Waals surface area contributed by atoms with Gasteiger partial charge in [0.1, 0.15) is 0 Å². The van der Waals surface area contributed by atoms with Crippen LogP contribution in [-0.2, 0) is 6.42 Å². The maximum absolute atomic E-state index is 9.93. The van der Waals surface area contributed by atoms with E-state index in [1.165, 1.54) is 39.3 Å². The summed E-state index contributed by atoms with van der Waals surface area (Å²) >= 11 is 0. The largest absolute Gasteiger partial charge is 0.333 e. The molecule has 3 aliphatic carbocycles. The standard InChI is InChI=1S/C44H36N4/c1-3-9-36-29(2)47(43-23-17-30(27-45)24-40(36)43)44-25-31(28-46)16-22-37(44)34-11-8-10-33(26-34)32-18-20-35(21-19-32)48-41-14-6-4-12-38(41)39-13-5-7-15-42(39)48/h3-10,12-16,18-22,24-26,34,38,41H,11,17,23H2,1-2H3/b9-3-. The Morgan fingerprint density at radius 3 is 2.52 bits per heavy atom. The zero-order valence-electron chi connectivity index (χ0n) is 27.3. The highest BCUT2D eigenvalue weighted by Crippen LogP contribution is 2.48. The lowest BCUT2D eigenvalue weighted by Gasteiger charge is -2.29. The molecule has 0 fully saturated rings. The molecule has 0 radical (unpaired) electrons. The van der Waals surface area contributed by atoms with Crippen LogP contribution in [0.2, 0.25) is 0 Å². The van der Waals surface area contributed by atoms with E-state index in [1.807, 2.05) is 19.1 Å². The average Bonchev–Trinajstić information content (AvgIpc) is 3.62. The van der Waals surface area contributed by atoms with Crippen molar-refractivity contribution in [1.29, 1.82) is 10.5 Å². The first-order valence-corrected chi connectivity index (χ1v) is 16.8. The van der Waals surface area contributed by atoms with E-state index in [2.05, 4.69) is 144 Å². The molecule has 8 rings (SSSR count). The molecule has 48 heavy (non-hydrogen) atoms. The van der Waals surface area contributed by atoms with Crippen molar-refractivity contribution in [1.82, 2.24) is 4.57 Å². The summed E-state index contributed by atoms with van der Waals surface area (Å²) in [7, 11) is 0. The highest BCUT2D eigenvalue weighted by atomic mass is 15.2. The Balaban J connectivity index is 1.17. The van der Waals surface area contributed by atoms with Crippen LogP contribution in [0, 0.1) is 29.6 Å². The predicted molar refractivity (Wildman–Crippen MR) is 196 cm³/mol. The van der Waals surface area contributed by atoms with Gasteiger partial charge in [0.05, 0.1) is 29.4 Å². The van der Waals surface area contributed by atoms with Gasteiger partial charge in [0, 0.05) is 51.3 Å². The Kier molecular flexibility index (Phi) is 7.43. The van der Waals surface area contributed by atoms with Crippen LogP contribution < -0.4 is 4.90 Å². The second-order valence-corrected chi connectivity index (χ2v) is 13.0. The highest BCUT2D eigenvalue weighted by molar-refractivity contribution is 5.80. The van der Waals surface area contributed by atoms with Crippen LogP contribution in [0.5, 0.6) is 0 Å². The van der Waals surface area contributed by atoms with E-state index in [-0.39, 0.29) is 12.0 Å². The van der Waals surface area contributed by atoms with E-state index in [4.69, 9.17) is 0 Å². The third-order valence-electron chi connectivity index (χ3n) is 10.3. The van der Waals surface area contributed by atoms with E-state index < -0.39 is 0 Å². The first kappa shape index (κ1) is 29.6. The number of allylic oxidation sites excluding steroid dienone is 8. The van der Waals surface area contributed by atoms with Crippen LogP contribution in [0.25, 0.3) is 23.4 Å². The quantitative estimate of drug-likeness (QED) is 0.223. The third-order valence-corrected chi connectivity index (χ3v) is 10.3. The highest BCUT2D eigenvalue weighted by Gasteiger charge is 2.37. The Morgan fingerprint density at radius 1 is 0.875 bits per heavy atom. The number of anilines is 2. The number of fused-ring (bicyclic) bond motifs is 4. The Morgan fingerprint density at radius 2 is 1.71 bits per heavy atom. The molecule has 0 spiro atoms. The second kappa shape index (κ2) is 12.1. The summed E-state index contributed by atoms with van der Waals surface area (Å²) in [6.45, 7) is 4.18. The molecule has 4 heteroatoms. The molecule has 0 amide bonds.